The maximum absolute atomic E-state index is 12.3. The number of amides is 1. The third-order valence-electron chi connectivity index (χ3n) is 3.81. The maximum Gasteiger partial charge on any atom is 0.238 e. The van der Waals surface area contributed by atoms with E-state index in [-0.39, 0.29) is 5.91 Å². The van der Waals surface area contributed by atoms with Crippen molar-refractivity contribution in [2.45, 2.75) is 32.7 Å². The minimum Gasteiger partial charge on any atom is -0.324 e. The lowest BCUT2D eigenvalue weighted by molar-refractivity contribution is -0.117. The number of aryl methyl sites for hydroxylation is 1. The van der Waals surface area contributed by atoms with Crippen molar-refractivity contribution in [3.05, 3.63) is 28.8 Å². The summed E-state index contributed by atoms with van der Waals surface area (Å²) in [5.41, 5.74) is 1.77. The van der Waals surface area contributed by atoms with Crippen molar-refractivity contribution in [2.75, 3.05) is 31.5 Å². The molecule has 2 rings (SSSR count). The van der Waals surface area contributed by atoms with Crippen LogP contribution in [0.3, 0.4) is 0 Å². The molecule has 1 unspecified atom stereocenters. The average Bonchev–Trinajstić information content (AvgIpc) is 2.95. The lowest BCUT2D eigenvalue weighted by atomic mass is 10.2. The van der Waals surface area contributed by atoms with Gasteiger partial charge in [-0.2, -0.15) is 0 Å². The van der Waals surface area contributed by atoms with Gasteiger partial charge in [0.1, 0.15) is 0 Å². The molecule has 0 saturated carbocycles. The zero-order valence-corrected chi connectivity index (χ0v) is 13.5. The zero-order valence-electron chi connectivity index (χ0n) is 12.8. The molecule has 0 radical (unpaired) electrons. The van der Waals surface area contributed by atoms with Gasteiger partial charge in [0.2, 0.25) is 5.91 Å². The molecule has 0 aromatic heterocycles. The first-order valence-electron chi connectivity index (χ1n) is 7.61. The van der Waals surface area contributed by atoms with E-state index in [9.17, 15) is 4.79 Å². The van der Waals surface area contributed by atoms with E-state index in [0.717, 1.165) is 38.0 Å². The van der Waals surface area contributed by atoms with Crippen LogP contribution < -0.4 is 10.6 Å². The zero-order chi connectivity index (χ0) is 15.2. The second-order valence-electron chi connectivity index (χ2n) is 5.65. The van der Waals surface area contributed by atoms with Crippen LogP contribution in [0.15, 0.2) is 18.2 Å². The molecule has 0 bridgehead atoms. The molecule has 1 amide bonds. The number of nitrogens with zero attached hydrogens (tertiary/aromatic N) is 1. The molecule has 1 aliphatic rings. The fraction of sp³-hybridized carbons (Fsp3) is 0.562. The largest absolute Gasteiger partial charge is 0.324 e. The van der Waals surface area contributed by atoms with E-state index >= 15 is 0 Å². The van der Waals surface area contributed by atoms with Crippen molar-refractivity contribution >= 4 is 23.2 Å². The van der Waals surface area contributed by atoms with E-state index in [0.29, 0.717) is 23.3 Å². The molecule has 1 atom stereocenters. The standard InChI is InChI=1S/C16H24ClN3O/c1-3-8-20(13-6-7-18-10-13)11-16(21)19-15-5-4-12(2)9-14(15)17/h4-5,9,13,18H,3,6-8,10-11H2,1-2H3,(H,19,21). The van der Waals surface area contributed by atoms with Crippen molar-refractivity contribution < 1.29 is 4.79 Å². The Kier molecular flexibility index (Phi) is 6.03. The molecular formula is C16H24ClN3O. The minimum atomic E-state index is 0.00102. The number of anilines is 1. The summed E-state index contributed by atoms with van der Waals surface area (Å²) in [6.07, 6.45) is 2.16. The van der Waals surface area contributed by atoms with Gasteiger partial charge in [0, 0.05) is 12.6 Å². The Morgan fingerprint density at radius 1 is 1.52 bits per heavy atom. The summed E-state index contributed by atoms with van der Waals surface area (Å²) in [6, 6.07) is 6.13. The van der Waals surface area contributed by atoms with Gasteiger partial charge in [-0.25, -0.2) is 0 Å². The Labute approximate surface area is 131 Å². The smallest absolute Gasteiger partial charge is 0.238 e. The summed E-state index contributed by atoms with van der Waals surface area (Å²) in [5.74, 6) is 0.00102. The summed E-state index contributed by atoms with van der Waals surface area (Å²) in [6.45, 7) is 7.50. The highest BCUT2D eigenvalue weighted by atomic mass is 35.5. The van der Waals surface area contributed by atoms with Crippen molar-refractivity contribution in [1.29, 1.82) is 0 Å². The third kappa shape index (κ3) is 4.70. The topological polar surface area (TPSA) is 44.4 Å². The van der Waals surface area contributed by atoms with Gasteiger partial charge in [-0.1, -0.05) is 24.6 Å². The summed E-state index contributed by atoms with van der Waals surface area (Å²) < 4.78 is 0. The molecule has 0 aliphatic carbocycles. The van der Waals surface area contributed by atoms with Gasteiger partial charge in [0.15, 0.2) is 0 Å². The Hall–Kier alpha value is -1.10. The highest BCUT2D eigenvalue weighted by Gasteiger charge is 2.23. The second-order valence-corrected chi connectivity index (χ2v) is 6.06. The highest BCUT2D eigenvalue weighted by Crippen LogP contribution is 2.22. The number of hydrogen-bond acceptors (Lipinski definition) is 3. The Morgan fingerprint density at radius 2 is 2.33 bits per heavy atom. The van der Waals surface area contributed by atoms with Crippen LogP contribution in [0.2, 0.25) is 5.02 Å². The Morgan fingerprint density at radius 3 is 2.95 bits per heavy atom. The highest BCUT2D eigenvalue weighted by molar-refractivity contribution is 6.33. The molecular weight excluding hydrogens is 286 g/mol. The number of rotatable bonds is 6. The molecule has 1 aromatic rings. The second kappa shape index (κ2) is 7.78. The summed E-state index contributed by atoms with van der Waals surface area (Å²) in [4.78, 5) is 14.5. The van der Waals surface area contributed by atoms with Crippen LogP contribution in [0, 0.1) is 6.92 Å². The molecule has 2 N–H and O–H groups in total. The van der Waals surface area contributed by atoms with Gasteiger partial charge in [-0.05, 0) is 50.6 Å². The number of carbonyl (C=O) groups excluding carboxylic acids is 1. The third-order valence-corrected chi connectivity index (χ3v) is 4.12. The van der Waals surface area contributed by atoms with E-state index in [1.165, 1.54) is 0 Å². The molecule has 1 heterocycles. The first-order valence-corrected chi connectivity index (χ1v) is 7.98. The Balaban J connectivity index is 1.95. The van der Waals surface area contributed by atoms with Gasteiger partial charge in [-0.3, -0.25) is 9.69 Å². The van der Waals surface area contributed by atoms with E-state index in [4.69, 9.17) is 11.6 Å². The van der Waals surface area contributed by atoms with Crippen LogP contribution in [0.1, 0.15) is 25.3 Å². The summed E-state index contributed by atoms with van der Waals surface area (Å²) >= 11 is 6.16. The fourth-order valence-electron chi connectivity index (χ4n) is 2.72. The molecule has 21 heavy (non-hydrogen) atoms. The van der Waals surface area contributed by atoms with Crippen molar-refractivity contribution in [1.82, 2.24) is 10.2 Å². The first kappa shape index (κ1) is 16.3. The van der Waals surface area contributed by atoms with Gasteiger partial charge < -0.3 is 10.6 Å². The van der Waals surface area contributed by atoms with Gasteiger partial charge in [0.05, 0.1) is 17.3 Å². The molecule has 1 saturated heterocycles. The molecule has 4 nitrogen and oxygen atoms in total. The molecule has 1 aromatic carbocycles. The Bertz CT molecular complexity index is 486. The van der Waals surface area contributed by atoms with Crippen LogP contribution in [0.5, 0.6) is 0 Å². The van der Waals surface area contributed by atoms with E-state index in [2.05, 4.69) is 22.5 Å². The van der Waals surface area contributed by atoms with Crippen LogP contribution >= 0.6 is 11.6 Å². The van der Waals surface area contributed by atoms with Crippen molar-refractivity contribution in [3.63, 3.8) is 0 Å². The van der Waals surface area contributed by atoms with Gasteiger partial charge in [0.25, 0.3) is 0 Å². The summed E-state index contributed by atoms with van der Waals surface area (Å²) in [7, 11) is 0. The summed E-state index contributed by atoms with van der Waals surface area (Å²) in [5, 5.41) is 6.86. The van der Waals surface area contributed by atoms with E-state index in [1.807, 2.05) is 25.1 Å². The van der Waals surface area contributed by atoms with Crippen LogP contribution in [-0.4, -0.2) is 43.0 Å². The van der Waals surface area contributed by atoms with E-state index in [1.54, 1.807) is 0 Å². The fourth-order valence-corrected chi connectivity index (χ4v) is 3.01. The number of nitrogens with one attached hydrogen (secondary N) is 2. The lowest BCUT2D eigenvalue weighted by Crippen LogP contribution is -2.42. The molecule has 0 spiro atoms. The number of benzene rings is 1. The predicted molar refractivity (Wildman–Crippen MR) is 88.0 cm³/mol. The monoisotopic (exact) mass is 309 g/mol. The molecule has 5 heteroatoms. The molecule has 116 valence electrons. The maximum atomic E-state index is 12.3. The quantitative estimate of drug-likeness (QED) is 0.849. The normalized spacial score (nSPS) is 18.2. The number of carbonyl (C=O) groups is 1. The van der Waals surface area contributed by atoms with Crippen LogP contribution in [-0.2, 0) is 4.79 Å². The van der Waals surface area contributed by atoms with Crippen LogP contribution in [0.25, 0.3) is 0 Å². The van der Waals surface area contributed by atoms with E-state index < -0.39 is 0 Å². The van der Waals surface area contributed by atoms with Crippen molar-refractivity contribution in [2.24, 2.45) is 0 Å². The lowest BCUT2D eigenvalue weighted by Gasteiger charge is -2.27. The minimum absolute atomic E-state index is 0.00102. The first-order chi connectivity index (χ1) is 10.1. The SMILES string of the molecule is CCCN(CC(=O)Nc1ccc(C)cc1Cl)C1CCNC1. The van der Waals surface area contributed by atoms with Gasteiger partial charge in [-0.15, -0.1) is 0 Å². The van der Waals surface area contributed by atoms with Crippen LogP contribution in [0.4, 0.5) is 5.69 Å². The molecule has 1 fully saturated rings. The van der Waals surface area contributed by atoms with Gasteiger partial charge >= 0.3 is 0 Å². The number of halogens is 1. The number of hydrogen-bond donors (Lipinski definition) is 2. The predicted octanol–water partition coefficient (Wildman–Crippen LogP) is 2.66. The van der Waals surface area contributed by atoms with Crippen molar-refractivity contribution in [3.8, 4) is 0 Å². The average molecular weight is 310 g/mol. The molecule has 1 aliphatic heterocycles.